The van der Waals surface area contributed by atoms with E-state index >= 15 is 0 Å². The molecular weight excluding hydrogens is 345 g/mol. The summed E-state index contributed by atoms with van der Waals surface area (Å²) in [4.78, 5) is 8.15. The van der Waals surface area contributed by atoms with E-state index in [1.807, 2.05) is 14.0 Å². The summed E-state index contributed by atoms with van der Waals surface area (Å²) in [7, 11) is -1.82. The molecule has 1 N–H and O–H groups in total. The van der Waals surface area contributed by atoms with Crippen molar-refractivity contribution in [1.82, 2.24) is 14.5 Å². The van der Waals surface area contributed by atoms with Crippen molar-refractivity contribution >= 4 is 21.4 Å². The van der Waals surface area contributed by atoms with Gasteiger partial charge in [-0.05, 0) is 26.1 Å². The van der Waals surface area contributed by atoms with Gasteiger partial charge in [0.2, 0.25) is 0 Å². The average Bonchev–Trinajstić information content (AvgIpc) is 3.05. The highest BCUT2D eigenvalue weighted by Gasteiger charge is 2.23. The van der Waals surface area contributed by atoms with Gasteiger partial charge in [-0.25, -0.2) is 9.37 Å². The lowest BCUT2D eigenvalue weighted by molar-refractivity contribution is 0.313. The first-order valence-electron chi connectivity index (χ1n) is 8.16. The van der Waals surface area contributed by atoms with E-state index in [9.17, 15) is 12.8 Å². The Kier molecular flexibility index (Phi) is 4.96. The summed E-state index contributed by atoms with van der Waals surface area (Å²) < 4.78 is 43.3. The molecule has 1 saturated heterocycles. The number of anilines is 2. The number of benzene rings is 1. The first kappa shape index (κ1) is 17.7. The Morgan fingerprint density at radius 1 is 1.24 bits per heavy atom. The Morgan fingerprint density at radius 3 is 2.64 bits per heavy atom. The van der Waals surface area contributed by atoms with Crippen LogP contribution in [0.1, 0.15) is 6.92 Å². The van der Waals surface area contributed by atoms with Gasteiger partial charge in [0, 0.05) is 38.8 Å². The molecule has 1 aliphatic heterocycles. The van der Waals surface area contributed by atoms with Gasteiger partial charge >= 0.3 is 0 Å². The lowest BCUT2D eigenvalue weighted by Crippen LogP contribution is -2.44. The van der Waals surface area contributed by atoms with Crippen LogP contribution in [-0.2, 0) is 16.6 Å². The number of aromatic nitrogens is 2. The molecule has 2 heterocycles. The molecular formula is C16H22FN5O2S. The molecule has 0 spiro atoms. The van der Waals surface area contributed by atoms with Crippen LogP contribution in [-0.4, -0.2) is 56.1 Å². The highest BCUT2D eigenvalue weighted by Crippen LogP contribution is 2.29. The van der Waals surface area contributed by atoms with E-state index in [1.165, 1.54) is 29.2 Å². The van der Waals surface area contributed by atoms with Crippen molar-refractivity contribution in [2.75, 3.05) is 42.8 Å². The molecule has 1 aromatic heterocycles. The maximum absolute atomic E-state index is 13.8. The number of rotatable bonds is 5. The van der Waals surface area contributed by atoms with Gasteiger partial charge in [0.25, 0.3) is 10.0 Å². The van der Waals surface area contributed by atoms with Crippen LogP contribution in [0.25, 0.3) is 0 Å². The molecule has 0 aliphatic carbocycles. The van der Waals surface area contributed by atoms with Gasteiger partial charge in [-0.2, -0.15) is 8.42 Å². The number of piperazine rings is 1. The van der Waals surface area contributed by atoms with Gasteiger partial charge in [-0.1, -0.05) is 0 Å². The van der Waals surface area contributed by atoms with Crippen molar-refractivity contribution in [3.63, 3.8) is 0 Å². The topological polar surface area (TPSA) is 70.5 Å². The molecule has 0 atom stereocenters. The van der Waals surface area contributed by atoms with Gasteiger partial charge < -0.3 is 14.4 Å². The third-order valence-corrected chi connectivity index (χ3v) is 5.72. The zero-order chi connectivity index (χ0) is 18.0. The van der Waals surface area contributed by atoms with Crippen LogP contribution in [0, 0.1) is 5.82 Å². The Morgan fingerprint density at radius 2 is 1.96 bits per heavy atom. The molecule has 136 valence electrons. The van der Waals surface area contributed by atoms with Crippen molar-refractivity contribution in [2.45, 2.75) is 18.5 Å². The Hall–Kier alpha value is -2.13. The average molecular weight is 367 g/mol. The number of hydrogen-bond acceptors (Lipinski definition) is 5. The Labute approximate surface area is 147 Å². The van der Waals surface area contributed by atoms with Crippen molar-refractivity contribution in [3.8, 4) is 0 Å². The molecule has 7 nitrogen and oxygen atoms in total. The first-order chi connectivity index (χ1) is 11.9. The van der Waals surface area contributed by atoms with Gasteiger partial charge in [-0.3, -0.25) is 4.72 Å². The van der Waals surface area contributed by atoms with Crippen LogP contribution in [0.3, 0.4) is 0 Å². The molecule has 2 aromatic rings. The SMILES string of the molecule is CCn1cncc1S(=O)(=O)Nc1cc(F)ccc1N1CCN(C)CC1. The predicted molar refractivity (Wildman–Crippen MR) is 94.8 cm³/mol. The van der Waals surface area contributed by atoms with Gasteiger partial charge in [0.1, 0.15) is 5.82 Å². The second-order valence-corrected chi connectivity index (χ2v) is 7.70. The maximum Gasteiger partial charge on any atom is 0.279 e. The highest BCUT2D eigenvalue weighted by molar-refractivity contribution is 7.92. The maximum atomic E-state index is 13.8. The minimum absolute atomic E-state index is 0.0589. The summed E-state index contributed by atoms with van der Waals surface area (Å²) in [6, 6.07) is 4.19. The van der Waals surface area contributed by atoms with Crippen molar-refractivity contribution in [3.05, 3.63) is 36.5 Å². The molecule has 0 bridgehead atoms. The van der Waals surface area contributed by atoms with Gasteiger partial charge in [-0.15, -0.1) is 0 Å². The smallest absolute Gasteiger partial charge is 0.279 e. The van der Waals surface area contributed by atoms with Crippen LogP contribution in [0.4, 0.5) is 15.8 Å². The van der Waals surface area contributed by atoms with Crippen LogP contribution in [0.5, 0.6) is 0 Å². The Bertz CT molecular complexity index is 844. The molecule has 0 amide bonds. The quantitative estimate of drug-likeness (QED) is 0.869. The third-order valence-electron chi connectivity index (χ3n) is 4.34. The van der Waals surface area contributed by atoms with E-state index in [0.717, 1.165) is 26.2 Å². The van der Waals surface area contributed by atoms with Gasteiger partial charge in [0.15, 0.2) is 5.03 Å². The largest absolute Gasteiger partial charge is 0.367 e. The standard InChI is InChI=1S/C16H22FN5O2S/c1-3-21-12-18-11-16(21)25(23,24)19-14-10-13(17)4-5-15(14)22-8-6-20(2)7-9-22/h4-5,10-12,19H,3,6-9H2,1-2H3. The molecule has 0 unspecified atom stereocenters. The molecule has 3 rings (SSSR count). The number of imidazole rings is 1. The molecule has 9 heteroatoms. The van der Waals surface area contributed by atoms with Crippen LogP contribution < -0.4 is 9.62 Å². The summed E-state index contributed by atoms with van der Waals surface area (Å²) in [6.07, 6.45) is 2.75. The minimum Gasteiger partial charge on any atom is -0.367 e. The number of aryl methyl sites for hydroxylation is 1. The molecule has 0 saturated carbocycles. The normalized spacial score (nSPS) is 16.2. The number of likely N-dealkylation sites (N-methyl/N-ethyl adjacent to an activating group) is 1. The van der Waals surface area contributed by atoms with E-state index in [4.69, 9.17) is 0 Å². The first-order valence-corrected chi connectivity index (χ1v) is 9.65. The van der Waals surface area contributed by atoms with E-state index in [1.54, 1.807) is 6.07 Å². The van der Waals surface area contributed by atoms with Crippen LogP contribution in [0.2, 0.25) is 0 Å². The summed E-state index contributed by atoms with van der Waals surface area (Å²) in [5, 5.41) is 0.0589. The lowest BCUT2D eigenvalue weighted by Gasteiger charge is -2.35. The van der Waals surface area contributed by atoms with Crippen molar-refractivity contribution in [1.29, 1.82) is 0 Å². The van der Waals surface area contributed by atoms with E-state index < -0.39 is 15.8 Å². The monoisotopic (exact) mass is 367 g/mol. The number of halogens is 1. The van der Waals surface area contributed by atoms with Crippen LogP contribution in [0.15, 0.2) is 35.7 Å². The van der Waals surface area contributed by atoms with E-state index in [0.29, 0.717) is 12.2 Å². The fourth-order valence-corrected chi connectivity index (χ4v) is 4.12. The van der Waals surface area contributed by atoms with Crippen LogP contribution >= 0.6 is 0 Å². The highest BCUT2D eigenvalue weighted by atomic mass is 32.2. The predicted octanol–water partition coefficient (Wildman–Crippen LogP) is 1.59. The molecule has 1 aromatic carbocycles. The zero-order valence-corrected chi connectivity index (χ0v) is 15.1. The number of nitrogens with one attached hydrogen (secondary N) is 1. The lowest BCUT2D eigenvalue weighted by atomic mass is 10.2. The number of nitrogens with zero attached hydrogens (tertiary/aromatic N) is 4. The Balaban J connectivity index is 1.93. The van der Waals surface area contributed by atoms with Gasteiger partial charge in [0.05, 0.1) is 23.9 Å². The third kappa shape index (κ3) is 3.77. The second kappa shape index (κ2) is 7.01. The molecule has 0 radical (unpaired) electrons. The summed E-state index contributed by atoms with van der Waals surface area (Å²) in [5.74, 6) is -0.487. The number of sulfonamides is 1. The number of hydrogen-bond donors (Lipinski definition) is 1. The van der Waals surface area contributed by atoms with E-state index in [2.05, 4.69) is 19.5 Å². The summed E-state index contributed by atoms with van der Waals surface area (Å²) in [6.45, 7) is 5.55. The fourth-order valence-electron chi connectivity index (χ4n) is 2.88. The van der Waals surface area contributed by atoms with Crippen molar-refractivity contribution in [2.24, 2.45) is 0 Å². The zero-order valence-electron chi connectivity index (χ0n) is 14.3. The summed E-state index contributed by atoms with van der Waals surface area (Å²) >= 11 is 0. The summed E-state index contributed by atoms with van der Waals surface area (Å²) in [5.41, 5.74) is 0.925. The molecule has 1 aliphatic rings. The van der Waals surface area contributed by atoms with Crippen molar-refractivity contribution < 1.29 is 12.8 Å². The molecule has 1 fully saturated rings. The molecule has 25 heavy (non-hydrogen) atoms. The second-order valence-electron chi connectivity index (χ2n) is 6.08. The fraction of sp³-hybridized carbons (Fsp3) is 0.438. The van der Waals surface area contributed by atoms with E-state index in [-0.39, 0.29) is 10.7 Å². The minimum atomic E-state index is -3.85.